The minimum absolute atomic E-state index is 0.0654. The number of amides is 1. The summed E-state index contributed by atoms with van der Waals surface area (Å²) >= 11 is 5.79. The predicted octanol–water partition coefficient (Wildman–Crippen LogP) is 2.65. The maximum atomic E-state index is 12.1. The van der Waals surface area contributed by atoms with E-state index in [0.717, 1.165) is 24.9 Å². The van der Waals surface area contributed by atoms with Crippen molar-refractivity contribution in [2.24, 2.45) is 17.6 Å². The third-order valence-corrected chi connectivity index (χ3v) is 3.66. The molecule has 1 aromatic carbocycles. The topological polar surface area (TPSA) is 55.1 Å². The van der Waals surface area contributed by atoms with Crippen molar-refractivity contribution in [2.75, 3.05) is 11.9 Å². The van der Waals surface area contributed by atoms with Gasteiger partial charge in [0.05, 0.1) is 0 Å². The highest BCUT2D eigenvalue weighted by Gasteiger charge is 2.31. The molecule has 1 fully saturated rings. The SMILES string of the molecule is NCC1CCCC1C(=O)Nc1ccc(Cl)cc1. The van der Waals surface area contributed by atoms with Crippen LogP contribution in [0.25, 0.3) is 0 Å². The highest BCUT2D eigenvalue weighted by atomic mass is 35.5. The van der Waals surface area contributed by atoms with Crippen molar-refractivity contribution in [1.82, 2.24) is 0 Å². The van der Waals surface area contributed by atoms with Crippen LogP contribution in [-0.2, 0) is 4.79 Å². The van der Waals surface area contributed by atoms with Gasteiger partial charge in [0.15, 0.2) is 0 Å². The fraction of sp³-hybridized carbons (Fsp3) is 0.462. The molecule has 1 aromatic rings. The van der Waals surface area contributed by atoms with E-state index in [0.29, 0.717) is 17.5 Å². The van der Waals surface area contributed by atoms with Crippen LogP contribution in [0.2, 0.25) is 5.02 Å². The van der Waals surface area contributed by atoms with E-state index >= 15 is 0 Å². The summed E-state index contributed by atoms with van der Waals surface area (Å²) in [5, 5.41) is 3.59. The first kappa shape index (κ1) is 12.4. The number of anilines is 1. The molecule has 0 aromatic heterocycles. The minimum Gasteiger partial charge on any atom is -0.330 e. The zero-order valence-electron chi connectivity index (χ0n) is 9.66. The normalized spacial score (nSPS) is 23.6. The summed E-state index contributed by atoms with van der Waals surface area (Å²) in [4.78, 5) is 12.1. The number of hydrogen-bond donors (Lipinski definition) is 2. The molecular weight excluding hydrogens is 236 g/mol. The van der Waals surface area contributed by atoms with Gasteiger partial charge in [-0.25, -0.2) is 0 Å². The summed E-state index contributed by atoms with van der Waals surface area (Å²) in [5.74, 6) is 0.484. The first-order chi connectivity index (χ1) is 8.20. The van der Waals surface area contributed by atoms with Gasteiger partial charge >= 0.3 is 0 Å². The number of carbonyl (C=O) groups excluding carboxylic acids is 1. The van der Waals surface area contributed by atoms with Gasteiger partial charge in [-0.2, -0.15) is 0 Å². The molecular formula is C13H17ClN2O. The van der Waals surface area contributed by atoms with Gasteiger partial charge < -0.3 is 11.1 Å². The van der Waals surface area contributed by atoms with E-state index in [4.69, 9.17) is 17.3 Å². The molecule has 0 radical (unpaired) electrons. The van der Waals surface area contributed by atoms with E-state index in [2.05, 4.69) is 5.32 Å². The lowest BCUT2D eigenvalue weighted by atomic mass is 9.95. The van der Waals surface area contributed by atoms with Crippen LogP contribution in [0.15, 0.2) is 24.3 Å². The smallest absolute Gasteiger partial charge is 0.227 e. The van der Waals surface area contributed by atoms with Crippen LogP contribution < -0.4 is 11.1 Å². The van der Waals surface area contributed by atoms with Gasteiger partial charge in [-0.15, -0.1) is 0 Å². The van der Waals surface area contributed by atoms with Crippen molar-refractivity contribution >= 4 is 23.2 Å². The summed E-state index contributed by atoms with van der Waals surface area (Å²) in [5.41, 5.74) is 6.47. The zero-order chi connectivity index (χ0) is 12.3. The monoisotopic (exact) mass is 252 g/mol. The quantitative estimate of drug-likeness (QED) is 0.869. The van der Waals surface area contributed by atoms with Gasteiger partial charge in [-0.05, 0) is 49.6 Å². The lowest BCUT2D eigenvalue weighted by Crippen LogP contribution is -2.29. The van der Waals surface area contributed by atoms with E-state index in [1.807, 2.05) is 12.1 Å². The average Bonchev–Trinajstić information content (AvgIpc) is 2.80. The number of hydrogen-bond acceptors (Lipinski definition) is 2. The van der Waals surface area contributed by atoms with Crippen LogP contribution >= 0.6 is 11.6 Å². The summed E-state index contributed by atoms with van der Waals surface area (Å²) < 4.78 is 0. The predicted molar refractivity (Wildman–Crippen MR) is 70.0 cm³/mol. The summed E-state index contributed by atoms with van der Waals surface area (Å²) in [6, 6.07) is 7.16. The van der Waals surface area contributed by atoms with Crippen molar-refractivity contribution in [2.45, 2.75) is 19.3 Å². The number of carbonyl (C=O) groups is 1. The van der Waals surface area contributed by atoms with Gasteiger partial charge in [-0.3, -0.25) is 4.79 Å². The van der Waals surface area contributed by atoms with Crippen molar-refractivity contribution < 1.29 is 4.79 Å². The molecule has 3 N–H and O–H groups in total. The van der Waals surface area contributed by atoms with Crippen LogP contribution in [0, 0.1) is 11.8 Å². The average molecular weight is 253 g/mol. The fourth-order valence-electron chi connectivity index (χ4n) is 2.43. The number of rotatable bonds is 3. The minimum atomic E-state index is 0.0654. The van der Waals surface area contributed by atoms with Crippen LogP contribution in [0.5, 0.6) is 0 Å². The highest BCUT2D eigenvalue weighted by Crippen LogP contribution is 2.31. The largest absolute Gasteiger partial charge is 0.330 e. The Morgan fingerprint density at radius 3 is 2.71 bits per heavy atom. The molecule has 1 saturated carbocycles. The Balaban J connectivity index is 1.99. The van der Waals surface area contributed by atoms with Gasteiger partial charge in [-0.1, -0.05) is 18.0 Å². The first-order valence-corrected chi connectivity index (χ1v) is 6.35. The van der Waals surface area contributed by atoms with Gasteiger partial charge in [0, 0.05) is 16.6 Å². The fourth-order valence-corrected chi connectivity index (χ4v) is 2.56. The van der Waals surface area contributed by atoms with Crippen LogP contribution in [0.3, 0.4) is 0 Å². The molecule has 2 atom stereocenters. The zero-order valence-corrected chi connectivity index (χ0v) is 10.4. The Kier molecular flexibility index (Phi) is 4.02. The second-order valence-electron chi connectivity index (χ2n) is 4.53. The third-order valence-electron chi connectivity index (χ3n) is 3.41. The summed E-state index contributed by atoms with van der Waals surface area (Å²) in [6.45, 7) is 0.596. The first-order valence-electron chi connectivity index (χ1n) is 5.97. The van der Waals surface area contributed by atoms with E-state index in [1.165, 1.54) is 0 Å². The Labute approximate surface area is 106 Å². The highest BCUT2D eigenvalue weighted by molar-refractivity contribution is 6.30. The molecule has 17 heavy (non-hydrogen) atoms. The van der Waals surface area contributed by atoms with E-state index in [9.17, 15) is 4.79 Å². The molecule has 3 nitrogen and oxygen atoms in total. The molecule has 1 amide bonds. The Morgan fingerprint density at radius 2 is 2.06 bits per heavy atom. The molecule has 2 unspecified atom stereocenters. The van der Waals surface area contributed by atoms with Gasteiger partial charge in [0.1, 0.15) is 0 Å². The molecule has 1 aliphatic carbocycles. The molecule has 0 aliphatic heterocycles. The van der Waals surface area contributed by atoms with Crippen molar-refractivity contribution in [1.29, 1.82) is 0 Å². The van der Waals surface area contributed by atoms with Crippen LogP contribution in [0.4, 0.5) is 5.69 Å². The van der Waals surface area contributed by atoms with Gasteiger partial charge in [0.25, 0.3) is 0 Å². The van der Waals surface area contributed by atoms with E-state index in [-0.39, 0.29) is 11.8 Å². The molecule has 0 saturated heterocycles. The lowest BCUT2D eigenvalue weighted by molar-refractivity contribution is -0.120. The molecule has 4 heteroatoms. The molecule has 92 valence electrons. The molecule has 0 heterocycles. The number of benzene rings is 1. The van der Waals surface area contributed by atoms with Crippen LogP contribution in [-0.4, -0.2) is 12.5 Å². The maximum absolute atomic E-state index is 12.1. The van der Waals surface area contributed by atoms with Gasteiger partial charge in [0.2, 0.25) is 5.91 Å². The van der Waals surface area contributed by atoms with E-state index < -0.39 is 0 Å². The number of nitrogens with one attached hydrogen (secondary N) is 1. The van der Waals surface area contributed by atoms with Crippen molar-refractivity contribution in [3.8, 4) is 0 Å². The third kappa shape index (κ3) is 2.99. The van der Waals surface area contributed by atoms with Crippen LogP contribution in [0.1, 0.15) is 19.3 Å². The lowest BCUT2D eigenvalue weighted by Gasteiger charge is -2.17. The Bertz CT molecular complexity index is 391. The second kappa shape index (κ2) is 5.52. The Morgan fingerprint density at radius 1 is 1.35 bits per heavy atom. The molecule has 0 spiro atoms. The molecule has 1 aliphatic rings. The number of nitrogens with two attached hydrogens (primary N) is 1. The van der Waals surface area contributed by atoms with Crippen molar-refractivity contribution in [3.63, 3.8) is 0 Å². The maximum Gasteiger partial charge on any atom is 0.227 e. The van der Waals surface area contributed by atoms with Crippen molar-refractivity contribution in [3.05, 3.63) is 29.3 Å². The molecule has 0 bridgehead atoms. The van der Waals surface area contributed by atoms with E-state index in [1.54, 1.807) is 12.1 Å². The molecule has 2 rings (SSSR count). The summed E-state index contributed by atoms with van der Waals surface area (Å²) in [6.07, 6.45) is 3.11. The number of halogens is 1. The Hall–Kier alpha value is -1.06. The second-order valence-corrected chi connectivity index (χ2v) is 4.97. The summed E-state index contributed by atoms with van der Waals surface area (Å²) in [7, 11) is 0. The standard InChI is InChI=1S/C13H17ClN2O/c14-10-4-6-11(7-5-10)16-13(17)12-3-1-2-9(12)8-15/h4-7,9,12H,1-3,8,15H2,(H,16,17).